The van der Waals surface area contributed by atoms with E-state index in [1.807, 2.05) is 17.4 Å². The maximum absolute atomic E-state index is 11.0. The van der Waals surface area contributed by atoms with Crippen LogP contribution in [0.3, 0.4) is 0 Å². The first-order chi connectivity index (χ1) is 7.17. The molecule has 7 heteroatoms. The highest BCUT2D eigenvalue weighted by Crippen LogP contribution is 2.05. The highest BCUT2D eigenvalue weighted by molar-refractivity contribution is 5.91. The number of carbonyl (C=O) groups is 1. The molecule has 0 radical (unpaired) electrons. The Morgan fingerprint density at radius 1 is 1.80 bits per heavy atom. The molecule has 0 spiro atoms. The first-order valence-electron chi connectivity index (χ1n) is 4.43. The molecular weight excluding hydrogens is 200 g/mol. The number of amides is 1. The molecule has 7 nitrogen and oxygen atoms in total. The fourth-order valence-electron chi connectivity index (χ4n) is 1.08. The average molecular weight is 214 g/mol. The molecule has 1 heterocycles. The van der Waals surface area contributed by atoms with E-state index in [2.05, 4.69) is 5.16 Å². The Labute approximate surface area is 86.8 Å². The average Bonchev–Trinajstić information content (AvgIpc) is 2.65. The minimum atomic E-state index is -0.491. The quantitative estimate of drug-likeness (QED) is 0.320. The molecule has 0 saturated carbocycles. The summed E-state index contributed by atoms with van der Waals surface area (Å²) in [5, 5.41) is 12.2. The van der Waals surface area contributed by atoms with Gasteiger partial charge >= 0.3 is 0 Å². The zero-order valence-corrected chi connectivity index (χ0v) is 8.43. The molecule has 0 aliphatic carbocycles. The van der Waals surface area contributed by atoms with Gasteiger partial charge in [-0.2, -0.15) is 0 Å². The summed E-state index contributed by atoms with van der Waals surface area (Å²) >= 11 is 0. The van der Waals surface area contributed by atoms with Crippen molar-refractivity contribution in [2.75, 3.05) is 20.2 Å². The van der Waals surface area contributed by atoms with Gasteiger partial charge in [-0.15, -0.1) is 0 Å². The summed E-state index contributed by atoms with van der Waals surface area (Å²) in [6.45, 7) is 1.07. The van der Waals surface area contributed by atoms with Crippen molar-refractivity contribution >= 4 is 5.91 Å². The van der Waals surface area contributed by atoms with E-state index in [1.165, 1.54) is 6.07 Å². The van der Waals surface area contributed by atoms with Crippen molar-refractivity contribution in [3.8, 4) is 0 Å². The van der Waals surface area contributed by atoms with Crippen molar-refractivity contribution in [1.29, 1.82) is 0 Å². The van der Waals surface area contributed by atoms with Gasteiger partial charge in [0.2, 0.25) is 0 Å². The van der Waals surface area contributed by atoms with E-state index in [0.29, 0.717) is 18.8 Å². The number of aromatic nitrogens is 1. The van der Waals surface area contributed by atoms with Gasteiger partial charge in [-0.1, -0.05) is 5.16 Å². The van der Waals surface area contributed by atoms with E-state index < -0.39 is 5.91 Å². The number of nitrogens with one attached hydrogen (secondary N) is 1. The molecule has 0 bridgehead atoms. The van der Waals surface area contributed by atoms with Crippen LogP contribution in [-0.2, 0) is 6.54 Å². The topological polar surface area (TPSA) is 105 Å². The SMILES string of the molecule is CN(CCO)Cc1cc(C(=O)NN)no1. The lowest BCUT2D eigenvalue weighted by Crippen LogP contribution is -2.30. The van der Waals surface area contributed by atoms with E-state index in [1.54, 1.807) is 0 Å². The standard InChI is InChI=1S/C8H14N4O3/c1-12(2-3-13)5-6-4-7(11-15-6)8(14)10-9/h4,13H,2-3,5,9H2,1H3,(H,10,14). The Kier molecular flexibility index (Phi) is 4.22. The Morgan fingerprint density at radius 2 is 2.53 bits per heavy atom. The van der Waals surface area contributed by atoms with Crippen LogP contribution >= 0.6 is 0 Å². The van der Waals surface area contributed by atoms with Gasteiger partial charge in [0.1, 0.15) is 0 Å². The molecule has 15 heavy (non-hydrogen) atoms. The van der Waals surface area contributed by atoms with Crippen molar-refractivity contribution in [1.82, 2.24) is 15.5 Å². The molecule has 84 valence electrons. The molecule has 0 aliphatic heterocycles. The number of likely N-dealkylation sites (N-methyl/N-ethyl adjacent to an activating group) is 1. The first-order valence-corrected chi connectivity index (χ1v) is 4.43. The summed E-state index contributed by atoms with van der Waals surface area (Å²) in [5.41, 5.74) is 2.10. The lowest BCUT2D eigenvalue weighted by atomic mass is 10.3. The summed E-state index contributed by atoms with van der Waals surface area (Å²) in [7, 11) is 1.82. The van der Waals surface area contributed by atoms with Crippen LogP contribution in [0, 0.1) is 0 Å². The fraction of sp³-hybridized carbons (Fsp3) is 0.500. The highest BCUT2D eigenvalue weighted by Gasteiger charge is 2.11. The number of rotatable bonds is 5. The summed E-state index contributed by atoms with van der Waals surface area (Å²) in [6.07, 6.45) is 0. The van der Waals surface area contributed by atoms with Gasteiger partial charge in [0, 0.05) is 12.6 Å². The number of nitrogens with zero attached hydrogens (tertiary/aromatic N) is 2. The maximum Gasteiger partial charge on any atom is 0.287 e. The van der Waals surface area contributed by atoms with E-state index >= 15 is 0 Å². The Hall–Kier alpha value is -1.44. The van der Waals surface area contributed by atoms with E-state index in [4.69, 9.17) is 15.5 Å². The molecule has 0 unspecified atom stereocenters. The number of aliphatic hydroxyl groups excluding tert-OH is 1. The highest BCUT2D eigenvalue weighted by atomic mass is 16.5. The second kappa shape index (κ2) is 5.44. The summed E-state index contributed by atoms with van der Waals surface area (Å²) in [6, 6.07) is 1.51. The molecule has 1 rings (SSSR count). The monoisotopic (exact) mass is 214 g/mol. The lowest BCUT2D eigenvalue weighted by molar-refractivity contribution is 0.0944. The molecule has 1 amide bonds. The Balaban J connectivity index is 2.56. The Morgan fingerprint density at radius 3 is 3.13 bits per heavy atom. The maximum atomic E-state index is 11.0. The summed E-state index contributed by atoms with van der Waals surface area (Å²) < 4.78 is 4.91. The van der Waals surface area contributed by atoms with Gasteiger partial charge in [0.05, 0.1) is 13.2 Å². The fourth-order valence-corrected chi connectivity index (χ4v) is 1.08. The van der Waals surface area contributed by atoms with Crippen LogP contribution in [-0.4, -0.2) is 41.3 Å². The van der Waals surface area contributed by atoms with Gasteiger partial charge in [0.15, 0.2) is 11.5 Å². The van der Waals surface area contributed by atoms with Gasteiger partial charge in [-0.05, 0) is 7.05 Å². The second-order valence-electron chi connectivity index (χ2n) is 3.11. The van der Waals surface area contributed by atoms with Crippen LogP contribution in [0.25, 0.3) is 0 Å². The molecule has 0 saturated heterocycles. The number of aliphatic hydroxyl groups is 1. The number of carbonyl (C=O) groups excluding carboxylic acids is 1. The molecule has 1 aromatic heterocycles. The number of hydrogen-bond acceptors (Lipinski definition) is 6. The minimum absolute atomic E-state index is 0.0702. The lowest BCUT2D eigenvalue weighted by Gasteiger charge is -2.11. The zero-order valence-electron chi connectivity index (χ0n) is 8.43. The van der Waals surface area contributed by atoms with Crippen LogP contribution in [0.5, 0.6) is 0 Å². The van der Waals surface area contributed by atoms with Crippen molar-refractivity contribution < 1.29 is 14.4 Å². The molecule has 1 aromatic rings. The third-order valence-electron chi connectivity index (χ3n) is 1.83. The third kappa shape index (κ3) is 3.31. The van der Waals surface area contributed by atoms with E-state index in [9.17, 15) is 4.79 Å². The van der Waals surface area contributed by atoms with Crippen molar-refractivity contribution in [3.63, 3.8) is 0 Å². The molecular formula is C8H14N4O3. The number of nitrogen functional groups attached to an aromatic ring is 1. The molecule has 0 aliphatic rings. The van der Waals surface area contributed by atoms with Crippen LogP contribution in [0.4, 0.5) is 0 Å². The molecule has 4 N–H and O–H groups in total. The number of hydrogen-bond donors (Lipinski definition) is 3. The summed E-state index contributed by atoms with van der Waals surface area (Å²) in [5.74, 6) is 4.99. The summed E-state index contributed by atoms with van der Waals surface area (Å²) in [4.78, 5) is 12.9. The third-order valence-corrected chi connectivity index (χ3v) is 1.83. The van der Waals surface area contributed by atoms with E-state index in [-0.39, 0.29) is 12.3 Å². The largest absolute Gasteiger partial charge is 0.395 e. The van der Waals surface area contributed by atoms with Gasteiger partial charge in [0.25, 0.3) is 5.91 Å². The van der Waals surface area contributed by atoms with Crippen LogP contribution in [0.2, 0.25) is 0 Å². The zero-order chi connectivity index (χ0) is 11.3. The smallest absolute Gasteiger partial charge is 0.287 e. The van der Waals surface area contributed by atoms with Gasteiger partial charge in [-0.25, -0.2) is 5.84 Å². The second-order valence-corrected chi connectivity index (χ2v) is 3.11. The number of hydrazine groups is 1. The minimum Gasteiger partial charge on any atom is -0.395 e. The van der Waals surface area contributed by atoms with Crippen molar-refractivity contribution in [3.05, 3.63) is 17.5 Å². The normalized spacial score (nSPS) is 10.7. The molecule has 0 atom stereocenters. The van der Waals surface area contributed by atoms with Crippen molar-refractivity contribution in [2.45, 2.75) is 6.54 Å². The molecule has 0 fully saturated rings. The van der Waals surface area contributed by atoms with Crippen LogP contribution < -0.4 is 11.3 Å². The first kappa shape index (κ1) is 11.6. The van der Waals surface area contributed by atoms with Gasteiger partial charge < -0.3 is 9.63 Å². The number of nitrogens with two attached hydrogens (primary N) is 1. The predicted molar refractivity (Wildman–Crippen MR) is 51.6 cm³/mol. The predicted octanol–water partition coefficient (Wildman–Crippen LogP) is -1.30. The Bertz CT molecular complexity index is 325. The van der Waals surface area contributed by atoms with Gasteiger partial charge in [-0.3, -0.25) is 15.1 Å². The van der Waals surface area contributed by atoms with Crippen LogP contribution in [0.1, 0.15) is 16.2 Å². The molecule has 0 aromatic carbocycles. The van der Waals surface area contributed by atoms with E-state index in [0.717, 1.165) is 0 Å². The van der Waals surface area contributed by atoms with Crippen molar-refractivity contribution in [2.24, 2.45) is 5.84 Å². The van der Waals surface area contributed by atoms with Crippen LogP contribution in [0.15, 0.2) is 10.6 Å².